The number of benzene rings is 1. The number of carboxylic acids is 1. The Morgan fingerprint density at radius 2 is 1.41 bits per heavy atom. The Bertz CT molecular complexity index is 1140. The normalized spacial score (nSPS) is 24.2. The molecule has 3 aliphatic carbocycles. The molecule has 1 aromatic carbocycles. The molecule has 44 heavy (non-hydrogen) atoms. The fraction of sp³-hybridized carbons (Fsp3) is 0.432. The first-order valence-corrected chi connectivity index (χ1v) is 15.0. The molecule has 3 saturated carbocycles. The molecule has 4 fully saturated rings. The SMILES string of the molecule is C=C(C)C(=O)O.C=C(C)C(=O)OC1CC2CC1C1CCCC21.C=C(C)C(=O)OCC1CO1.C=CC=C.C=Cc1ccccc1. The van der Waals surface area contributed by atoms with Crippen LogP contribution in [0.25, 0.3) is 6.08 Å². The van der Waals surface area contributed by atoms with E-state index in [1.165, 1.54) is 38.2 Å². The summed E-state index contributed by atoms with van der Waals surface area (Å²) in [6.07, 6.45) is 12.1. The molecule has 4 aliphatic rings. The van der Waals surface area contributed by atoms with Crippen molar-refractivity contribution in [3.05, 3.63) is 104 Å². The van der Waals surface area contributed by atoms with Gasteiger partial charge in [0.1, 0.15) is 18.8 Å². The monoisotopic (exact) mass is 606 g/mol. The van der Waals surface area contributed by atoms with Gasteiger partial charge in [-0.05, 0) is 75.7 Å². The lowest BCUT2D eigenvalue weighted by molar-refractivity contribution is -0.148. The number of rotatable bonds is 8. The van der Waals surface area contributed by atoms with E-state index in [-0.39, 0.29) is 29.7 Å². The van der Waals surface area contributed by atoms with Crippen molar-refractivity contribution < 1.29 is 33.7 Å². The van der Waals surface area contributed by atoms with E-state index in [1.54, 1.807) is 26.0 Å². The van der Waals surface area contributed by atoms with Gasteiger partial charge in [-0.2, -0.15) is 0 Å². The van der Waals surface area contributed by atoms with E-state index in [0.29, 0.717) is 30.3 Å². The minimum Gasteiger partial charge on any atom is -0.478 e. The highest BCUT2D eigenvalue weighted by atomic mass is 16.6. The summed E-state index contributed by atoms with van der Waals surface area (Å²) in [6.45, 7) is 26.5. The van der Waals surface area contributed by atoms with E-state index in [2.05, 4.69) is 39.5 Å². The number of aliphatic carboxylic acids is 1. The molecule has 1 aliphatic heterocycles. The number of epoxide rings is 1. The lowest BCUT2D eigenvalue weighted by Crippen LogP contribution is -2.32. The van der Waals surface area contributed by atoms with Crippen LogP contribution in [0.2, 0.25) is 0 Å². The van der Waals surface area contributed by atoms with Crippen molar-refractivity contribution >= 4 is 24.0 Å². The van der Waals surface area contributed by atoms with Crippen molar-refractivity contribution in [2.24, 2.45) is 23.7 Å². The number of carbonyl (C=O) groups is 3. The molecule has 1 aromatic rings. The highest BCUT2D eigenvalue weighted by Crippen LogP contribution is 2.59. The van der Waals surface area contributed by atoms with Gasteiger partial charge in [-0.1, -0.05) is 94.5 Å². The van der Waals surface area contributed by atoms with Gasteiger partial charge in [-0.25, -0.2) is 14.4 Å². The van der Waals surface area contributed by atoms with Crippen molar-refractivity contribution in [3.8, 4) is 0 Å². The summed E-state index contributed by atoms with van der Waals surface area (Å²) in [5.41, 5.74) is 2.31. The molecule has 0 spiro atoms. The van der Waals surface area contributed by atoms with Gasteiger partial charge >= 0.3 is 17.9 Å². The van der Waals surface area contributed by atoms with Gasteiger partial charge in [0.2, 0.25) is 0 Å². The van der Waals surface area contributed by atoms with E-state index in [4.69, 9.17) is 19.3 Å². The quantitative estimate of drug-likeness (QED) is 0.140. The predicted octanol–water partition coefficient (Wildman–Crippen LogP) is 7.77. The lowest BCUT2D eigenvalue weighted by atomic mass is 9.80. The Kier molecular flexibility index (Phi) is 17.4. The Hall–Kier alpha value is -3.97. The summed E-state index contributed by atoms with van der Waals surface area (Å²) in [5, 5.41) is 7.89. The smallest absolute Gasteiger partial charge is 0.333 e. The van der Waals surface area contributed by atoms with Crippen LogP contribution in [-0.4, -0.2) is 48.4 Å². The maximum Gasteiger partial charge on any atom is 0.333 e. The Morgan fingerprint density at radius 1 is 0.864 bits per heavy atom. The third kappa shape index (κ3) is 14.0. The fourth-order valence-electron chi connectivity index (χ4n) is 5.42. The van der Waals surface area contributed by atoms with E-state index in [9.17, 15) is 14.4 Å². The molecule has 7 nitrogen and oxygen atoms in total. The van der Waals surface area contributed by atoms with Gasteiger partial charge in [0.15, 0.2) is 0 Å². The second-order valence-corrected chi connectivity index (χ2v) is 11.4. The number of hydrogen-bond acceptors (Lipinski definition) is 6. The second kappa shape index (κ2) is 20.1. The van der Waals surface area contributed by atoms with Crippen LogP contribution < -0.4 is 0 Å². The topological polar surface area (TPSA) is 102 Å². The van der Waals surface area contributed by atoms with Gasteiger partial charge in [0, 0.05) is 16.7 Å². The van der Waals surface area contributed by atoms with Crippen LogP contribution in [0.4, 0.5) is 0 Å². The molecule has 0 amide bonds. The maximum absolute atomic E-state index is 11.5. The largest absolute Gasteiger partial charge is 0.478 e. The molecular weight excluding hydrogens is 556 g/mol. The number of allylic oxidation sites excluding steroid dienone is 2. The second-order valence-electron chi connectivity index (χ2n) is 11.4. The first-order chi connectivity index (χ1) is 20.9. The van der Waals surface area contributed by atoms with Gasteiger partial charge in [0.25, 0.3) is 0 Å². The number of esters is 2. The minimum atomic E-state index is -0.935. The van der Waals surface area contributed by atoms with Crippen molar-refractivity contribution in [3.63, 3.8) is 0 Å². The fourth-order valence-corrected chi connectivity index (χ4v) is 5.42. The molecule has 6 atom stereocenters. The average Bonchev–Trinajstić information content (AvgIpc) is 3.38. The highest BCUT2D eigenvalue weighted by Gasteiger charge is 2.55. The molecule has 0 aromatic heterocycles. The maximum atomic E-state index is 11.5. The molecule has 6 unspecified atom stereocenters. The van der Waals surface area contributed by atoms with E-state index >= 15 is 0 Å². The summed E-state index contributed by atoms with van der Waals surface area (Å²) in [7, 11) is 0. The van der Waals surface area contributed by atoms with E-state index < -0.39 is 5.97 Å². The zero-order valence-corrected chi connectivity index (χ0v) is 26.7. The van der Waals surface area contributed by atoms with E-state index in [0.717, 1.165) is 24.2 Å². The molecule has 7 heteroatoms. The Balaban J connectivity index is 0.000000300. The van der Waals surface area contributed by atoms with Crippen LogP contribution in [0.5, 0.6) is 0 Å². The number of carboxylic acid groups (broad SMARTS) is 1. The first-order valence-electron chi connectivity index (χ1n) is 15.0. The molecule has 1 N–H and O–H groups in total. The number of hydrogen-bond donors (Lipinski definition) is 1. The molecule has 0 radical (unpaired) electrons. The number of ether oxygens (including phenoxy) is 3. The van der Waals surface area contributed by atoms with Gasteiger partial charge in [-0.3, -0.25) is 0 Å². The van der Waals surface area contributed by atoms with Crippen molar-refractivity contribution in [2.75, 3.05) is 13.2 Å². The van der Waals surface area contributed by atoms with Crippen LogP contribution in [0, 0.1) is 23.7 Å². The van der Waals surface area contributed by atoms with Crippen LogP contribution in [0.15, 0.2) is 98.7 Å². The molecule has 240 valence electrons. The summed E-state index contributed by atoms with van der Waals surface area (Å²) in [6, 6.07) is 10.0. The third-order valence-corrected chi connectivity index (χ3v) is 7.69. The third-order valence-electron chi connectivity index (χ3n) is 7.69. The molecule has 1 saturated heterocycles. The molecule has 5 rings (SSSR count). The average molecular weight is 607 g/mol. The molecule has 1 heterocycles. The molecular formula is C37H50O7. The van der Waals surface area contributed by atoms with Gasteiger partial charge in [-0.15, -0.1) is 0 Å². The number of carbonyl (C=O) groups excluding carboxylic acids is 2. The highest BCUT2D eigenvalue weighted by molar-refractivity contribution is 5.87. The van der Waals surface area contributed by atoms with E-state index in [1.807, 2.05) is 36.4 Å². The van der Waals surface area contributed by atoms with Crippen molar-refractivity contribution in [1.82, 2.24) is 0 Å². The predicted molar refractivity (Wildman–Crippen MR) is 177 cm³/mol. The van der Waals surface area contributed by atoms with Gasteiger partial charge < -0.3 is 19.3 Å². The summed E-state index contributed by atoms with van der Waals surface area (Å²) in [5.74, 6) is 1.88. The van der Waals surface area contributed by atoms with Gasteiger partial charge in [0.05, 0.1) is 6.61 Å². The van der Waals surface area contributed by atoms with Crippen LogP contribution in [0.3, 0.4) is 0 Å². The summed E-state index contributed by atoms with van der Waals surface area (Å²) in [4.78, 5) is 31.8. The Labute approximate surface area is 263 Å². The summed E-state index contributed by atoms with van der Waals surface area (Å²) >= 11 is 0. The number of fused-ring (bicyclic) bond motifs is 5. The van der Waals surface area contributed by atoms with Crippen molar-refractivity contribution in [2.45, 2.75) is 65.1 Å². The van der Waals surface area contributed by atoms with Crippen molar-refractivity contribution in [1.29, 1.82) is 0 Å². The van der Waals surface area contributed by atoms with Crippen LogP contribution >= 0.6 is 0 Å². The Morgan fingerprint density at radius 3 is 1.84 bits per heavy atom. The zero-order chi connectivity index (χ0) is 33.2. The minimum absolute atomic E-state index is 0.142. The van der Waals surface area contributed by atoms with Crippen LogP contribution in [-0.2, 0) is 28.6 Å². The summed E-state index contributed by atoms with van der Waals surface area (Å²) < 4.78 is 15.2. The lowest BCUT2D eigenvalue weighted by Gasteiger charge is -2.31. The molecule has 2 bridgehead atoms. The zero-order valence-electron chi connectivity index (χ0n) is 26.7. The standard InChI is InChI=1S/C14H20O2.C8H8.C7H10O3.C4H6O2.C4H6/c1-8(2)14(15)16-13-7-9-6-12(13)11-5-3-4-10(9)11;1-2-8-6-4-3-5-7-8;1-5(2)7(8)10-4-6-3-9-6;1-3(2)4(5)6;1-3-4-2/h9-13H,1,3-7H2,2H3;2-7H,1H2;6H,1,3-4H2,2H3;1H2,2H3,(H,5,6);3-4H,1-2H2. The van der Waals surface area contributed by atoms with Crippen LogP contribution in [0.1, 0.15) is 58.4 Å². The first kappa shape index (κ1) is 38.1.